The third kappa shape index (κ3) is 4.16. The first kappa shape index (κ1) is 17.0. The Morgan fingerprint density at radius 2 is 2.12 bits per heavy atom. The van der Waals surface area contributed by atoms with Crippen LogP contribution in [0.2, 0.25) is 0 Å². The SMILES string of the molecule is CCN1CCC(C(=O)O)CC1Oc1ccc(Cc2cccs2)cc1. The quantitative estimate of drug-likeness (QED) is 0.864. The maximum absolute atomic E-state index is 11.3. The van der Waals surface area contributed by atoms with Crippen LogP contribution < -0.4 is 4.74 Å². The first-order valence-corrected chi connectivity index (χ1v) is 9.28. The Hall–Kier alpha value is -1.85. The fraction of sp³-hybridized carbons (Fsp3) is 0.421. The zero-order valence-electron chi connectivity index (χ0n) is 13.9. The van der Waals surface area contributed by atoms with Gasteiger partial charge in [0, 0.05) is 24.3 Å². The van der Waals surface area contributed by atoms with Gasteiger partial charge in [0.2, 0.25) is 0 Å². The van der Waals surface area contributed by atoms with Crippen molar-refractivity contribution in [3.63, 3.8) is 0 Å². The molecule has 3 rings (SSSR count). The molecule has 2 aromatic rings. The van der Waals surface area contributed by atoms with Crippen molar-refractivity contribution < 1.29 is 14.6 Å². The minimum absolute atomic E-state index is 0.159. The second kappa shape index (κ2) is 7.81. The van der Waals surface area contributed by atoms with Gasteiger partial charge in [-0.3, -0.25) is 9.69 Å². The van der Waals surface area contributed by atoms with Crippen LogP contribution in [0.4, 0.5) is 0 Å². The Kier molecular flexibility index (Phi) is 5.53. The lowest BCUT2D eigenvalue weighted by molar-refractivity contribution is -0.146. The van der Waals surface area contributed by atoms with E-state index in [1.165, 1.54) is 10.4 Å². The average Bonchev–Trinajstić information content (AvgIpc) is 3.09. The molecule has 0 bridgehead atoms. The zero-order chi connectivity index (χ0) is 16.9. The number of carboxylic acid groups (broad SMARTS) is 1. The van der Waals surface area contributed by atoms with Crippen LogP contribution in [0.1, 0.15) is 30.2 Å². The van der Waals surface area contributed by atoms with E-state index in [1.807, 2.05) is 12.1 Å². The Labute approximate surface area is 146 Å². The van der Waals surface area contributed by atoms with E-state index < -0.39 is 5.97 Å². The van der Waals surface area contributed by atoms with E-state index in [9.17, 15) is 9.90 Å². The second-order valence-corrected chi connectivity index (χ2v) is 7.19. The van der Waals surface area contributed by atoms with Crippen molar-refractivity contribution in [3.05, 3.63) is 52.2 Å². The predicted octanol–water partition coefficient (Wildman–Crippen LogP) is 3.86. The van der Waals surface area contributed by atoms with Crippen LogP contribution in [0.25, 0.3) is 0 Å². The molecule has 1 fully saturated rings. The van der Waals surface area contributed by atoms with E-state index in [0.717, 1.165) is 25.3 Å². The molecule has 0 saturated carbocycles. The van der Waals surface area contributed by atoms with Crippen molar-refractivity contribution in [3.8, 4) is 5.75 Å². The summed E-state index contributed by atoms with van der Waals surface area (Å²) in [5.41, 5.74) is 1.25. The Bertz CT molecular complexity index is 654. The number of likely N-dealkylation sites (tertiary alicyclic amines) is 1. The molecule has 4 nitrogen and oxygen atoms in total. The number of piperidine rings is 1. The normalized spacial score (nSPS) is 21.5. The molecule has 0 radical (unpaired) electrons. The molecule has 5 heteroatoms. The fourth-order valence-corrected chi connectivity index (χ4v) is 3.88. The molecule has 1 aliphatic rings. The number of benzene rings is 1. The molecule has 0 aliphatic carbocycles. The molecule has 1 aliphatic heterocycles. The van der Waals surface area contributed by atoms with Gasteiger partial charge in [-0.2, -0.15) is 0 Å². The highest BCUT2D eigenvalue weighted by Crippen LogP contribution is 2.26. The highest BCUT2D eigenvalue weighted by atomic mass is 32.1. The molecule has 2 atom stereocenters. The molecule has 2 heterocycles. The lowest BCUT2D eigenvalue weighted by Crippen LogP contribution is -2.47. The van der Waals surface area contributed by atoms with Crippen LogP contribution in [0.15, 0.2) is 41.8 Å². The Balaban J connectivity index is 1.64. The largest absolute Gasteiger partial charge is 0.481 e. The summed E-state index contributed by atoms with van der Waals surface area (Å²) in [5, 5.41) is 11.4. The van der Waals surface area contributed by atoms with Gasteiger partial charge in [-0.25, -0.2) is 0 Å². The van der Waals surface area contributed by atoms with Crippen LogP contribution >= 0.6 is 11.3 Å². The molecule has 1 N–H and O–H groups in total. The monoisotopic (exact) mass is 345 g/mol. The first-order valence-electron chi connectivity index (χ1n) is 8.40. The van der Waals surface area contributed by atoms with Gasteiger partial charge in [0.25, 0.3) is 0 Å². The van der Waals surface area contributed by atoms with E-state index in [1.54, 1.807) is 11.3 Å². The lowest BCUT2D eigenvalue weighted by atomic mass is 9.95. The van der Waals surface area contributed by atoms with E-state index in [2.05, 4.69) is 41.5 Å². The van der Waals surface area contributed by atoms with Crippen LogP contribution in [0, 0.1) is 5.92 Å². The van der Waals surface area contributed by atoms with E-state index in [0.29, 0.717) is 12.8 Å². The summed E-state index contributed by atoms with van der Waals surface area (Å²) in [5.74, 6) is -0.221. The van der Waals surface area contributed by atoms with Crippen molar-refractivity contribution in [1.29, 1.82) is 0 Å². The van der Waals surface area contributed by atoms with Crippen LogP contribution in [-0.4, -0.2) is 35.3 Å². The summed E-state index contributed by atoms with van der Waals surface area (Å²) in [6.07, 6.45) is 2.01. The zero-order valence-corrected chi connectivity index (χ0v) is 14.7. The number of rotatable bonds is 6. The molecule has 2 unspecified atom stereocenters. The highest BCUT2D eigenvalue weighted by molar-refractivity contribution is 7.09. The number of aliphatic carboxylic acids is 1. The van der Waals surface area contributed by atoms with Crippen LogP contribution in [0.3, 0.4) is 0 Å². The van der Waals surface area contributed by atoms with Crippen molar-refractivity contribution in [2.45, 2.75) is 32.4 Å². The third-order valence-corrected chi connectivity index (χ3v) is 5.44. The van der Waals surface area contributed by atoms with Gasteiger partial charge in [0.05, 0.1) is 5.92 Å². The van der Waals surface area contributed by atoms with Gasteiger partial charge < -0.3 is 9.84 Å². The lowest BCUT2D eigenvalue weighted by Gasteiger charge is -2.37. The highest BCUT2D eigenvalue weighted by Gasteiger charge is 2.32. The summed E-state index contributed by atoms with van der Waals surface area (Å²) in [6, 6.07) is 12.4. The van der Waals surface area contributed by atoms with Gasteiger partial charge in [-0.15, -0.1) is 11.3 Å². The fourth-order valence-electron chi connectivity index (χ4n) is 3.14. The number of ether oxygens (including phenoxy) is 1. The predicted molar refractivity (Wildman–Crippen MR) is 95.6 cm³/mol. The molecule has 128 valence electrons. The topological polar surface area (TPSA) is 49.8 Å². The number of carboxylic acids is 1. The Morgan fingerprint density at radius 3 is 2.75 bits per heavy atom. The van der Waals surface area contributed by atoms with Gasteiger partial charge >= 0.3 is 5.97 Å². The van der Waals surface area contributed by atoms with Crippen molar-refractivity contribution in [2.75, 3.05) is 13.1 Å². The molecule has 1 saturated heterocycles. The van der Waals surface area contributed by atoms with E-state index in [4.69, 9.17) is 4.74 Å². The van der Waals surface area contributed by atoms with Gasteiger partial charge in [0.1, 0.15) is 5.75 Å². The number of thiophene rings is 1. The van der Waals surface area contributed by atoms with Crippen LogP contribution in [0.5, 0.6) is 5.75 Å². The van der Waals surface area contributed by atoms with Crippen LogP contribution in [-0.2, 0) is 11.2 Å². The molecular weight excluding hydrogens is 322 g/mol. The smallest absolute Gasteiger partial charge is 0.306 e. The first-order chi connectivity index (χ1) is 11.7. The maximum atomic E-state index is 11.3. The van der Waals surface area contributed by atoms with Crippen molar-refractivity contribution in [2.24, 2.45) is 5.92 Å². The van der Waals surface area contributed by atoms with Gasteiger partial charge in [0.15, 0.2) is 6.23 Å². The number of carbonyl (C=O) groups is 1. The molecule has 0 amide bonds. The number of hydrogen-bond acceptors (Lipinski definition) is 4. The summed E-state index contributed by atoms with van der Waals surface area (Å²) in [6.45, 7) is 3.73. The molecule has 24 heavy (non-hydrogen) atoms. The van der Waals surface area contributed by atoms with E-state index in [-0.39, 0.29) is 12.1 Å². The Morgan fingerprint density at radius 1 is 1.33 bits per heavy atom. The van der Waals surface area contributed by atoms with E-state index >= 15 is 0 Å². The summed E-state index contributed by atoms with van der Waals surface area (Å²) < 4.78 is 6.09. The third-order valence-electron chi connectivity index (χ3n) is 4.57. The van der Waals surface area contributed by atoms with Gasteiger partial charge in [-0.1, -0.05) is 25.1 Å². The molecular formula is C19H23NO3S. The van der Waals surface area contributed by atoms with Gasteiger partial charge in [-0.05, 0) is 42.1 Å². The second-order valence-electron chi connectivity index (χ2n) is 6.16. The minimum atomic E-state index is -0.717. The molecule has 1 aromatic carbocycles. The number of nitrogens with zero attached hydrogens (tertiary/aromatic N) is 1. The molecule has 1 aromatic heterocycles. The van der Waals surface area contributed by atoms with Crippen molar-refractivity contribution >= 4 is 17.3 Å². The summed E-state index contributed by atoms with van der Waals surface area (Å²) in [4.78, 5) is 14.8. The summed E-state index contributed by atoms with van der Waals surface area (Å²) in [7, 11) is 0. The maximum Gasteiger partial charge on any atom is 0.306 e. The minimum Gasteiger partial charge on any atom is -0.481 e. The average molecular weight is 345 g/mol. The molecule has 0 spiro atoms. The van der Waals surface area contributed by atoms with Crippen molar-refractivity contribution in [1.82, 2.24) is 4.90 Å². The standard InChI is InChI=1S/C19H23NO3S/c1-2-20-10-9-15(19(21)22)13-18(20)23-16-7-5-14(6-8-16)12-17-4-3-11-24-17/h3-8,11,15,18H,2,9-10,12-13H2,1H3,(H,21,22). The number of hydrogen-bond donors (Lipinski definition) is 1. The summed E-state index contributed by atoms with van der Waals surface area (Å²) >= 11 is 1.76.